The Bertz CT molecular complexity index is 1580. The van der Waals surface area contributed by atoms with Gasteiger partial charge >= 0.3 is 12.1 Å². The zero-order valence-electron chi connectivity index (χ0n) is 35.9. The van der Waals surface area contributed by atoms with Crippen LogP contribution in [0.5, 0.6) is 0 Å². The Morgan fingerprint density at radius 1 is 1.07 bits per heavy atom. The predicted molar refractivity (Wildman–Crippen MR) is 218 cm³/mol. The van der Waals surface area contributed by atoms with Gasteiger partial charge in [-0.15, -0.1) is 0 Å². The van der Waals surface area contributed by atoms with Gasteiger partial charge in [0.05, 0.1) is 36.4 Å². The van der Waals surface area contributed by atoms with Crippen molar-refractivity contribution in [2.75, 3.05) is 39.8 Å². The zero-order valence-corrected chi connectivity index (χ0v) is 35.9. The van der Waals surface area contributed by atoms with Gasteiger partial charge in [-0.2, -0.15) is 0 Å². The summed E-state index contributed by atoms with van der Waals surface area (Å²) >= 11 is 0. The zero-order chi connectivity index (χ0) is 43.5. The molecule has 4 heterocycles. The number of rotatable bonds is 16. The summed E-state index contributed by atoms with van der Waals surface area (Å²) in [5.74, 6) is -1.62. The first-order chi connectivity index (χ1) is 27.9. The Morgan fingerprint density at radius 2 is 1.73 bits per heavy atom. The molecule has 0 aromatic heterocycles. The third-order valence-electron chi connectivity index (χ3n) is 12.1. The topological polar surface area (TPSA) is 196 Å². The fourth-order valence-electron chi connectivity index (χ4n) is 7.86. The van der Waals surface area contributed by atoms with Gasteiger partial charge in [-0.25, -0.2) is 4.79 Å². The number of unbranched alkanes of at least 4 members (excludes halogenated alkanes) is 2. The van der Waals surface area contributed by atoms with E-state index in [4.69, 9.17) is 18.9 Å². The molecule has 10 atom stereocenters. The third kappa shape index (κ3) is 13.8. The molecule has 2 fully saturated rings. The number of carbonyl (C=O) groups is 5. The summed E-state index contributed by atoms with van der Waals surface area (Å²) in [6.07, 6.45) is 10.8. The number of cyclic esters (lactones) is 1. The number of imide groups is 1. The molecule has 4 rings (SSSR count). The lowest BCUT2D eigenvalue weighted by molar-refractivity contribution is -0.151. The minimum atomic E-state index is -1.18. The van der Waals surface area contributed by atoms with Crippen LogP contribution in [0.4, 0.5) is 4.79 Å². The first-order valence-electron chi connectivity index (χ1n) is 21.2. The Morgan fingerprint density at radius 3 is 2.37 bits per heavy atom. The van der Waals surface area contributed by atoms with Crippen LogP contribution in [0.1, 0.15) is 99.3 Å². The highest BCUT2D eigenvalue weighted by molar-refractivity contribution is 6.12. The molecular formula is C44H67N3O12. The molecule has 15 nitrogen and oxygen atoms in total. The Labute approximate surface area is 349 Å². The highest BCUT2D eigenvalue weighted by Gasteiger charge is 2.47. The number of piperazine rings is 1. The van der Waals surface area contributed by atoms with E-state index in [-0.39, 0.29) is 68.2 Å². The van der Waals surface area contributed by atoms with Crippen molar-refractivity contribution in [1.82, 2.24) is 14.7 Å². The Hall–Kier alpha value is -3.89. The smallest absolute Gasteiger partial charge is 0.410 e. The molecule has 0 aliphatic carbocycles. The predicted octanol–water partition coefficient (Wildman–Crippen LogP) is 3.99. The van der Waals surface area contributed by atoms with Crippen molar-refractivity contribution in [3.8, 4) is 0 Å². The van der Waals surface area contributed by atoms with Crippen LogP contribution >= 0.6 is 0 Å². The molecule has 0 aromatic rings. The molecule has 0 unspecified atom stereocenters. The highest BCUT2D eigenvalue weighted by atomic mass is 16.6. The van der Waals surface area contributed by atoms with Crippen molar-refractivity contribution in [2.24, 2.45) is 11.8 Å². The SMILES string of the molecule is CC[C@H](O)[C@@H](C)[C@@H]1O[C@H]1C[C@@](C)(O)/C=C/C=C(\C)[C@H]1OC(=O)C[C@H](O)CC[C@@](C)(OC)[C@@H](OC(=O)N2CCN(C(=O)CCCCCN3C(=O)C=CC3=O)CC2)/C=C\[C@@H]1C. The largest absolute Gasteiger partial charge is 0.457 e. The van der Waals surface area contributed by atoms with Crippen LogP contribution in [0.25, 0.3) is 0 Å². The second kappa shape index (κ2) is 21.6. The van der Waals surface area contributed by atoms with Crippen LogP contribution < -0.4 is 0 Å². The van der Waals surface area contributed by atoms with E-state index < -0.39 is 53.6 Å². The molecule has 3 N–H and O–H groups in total. The number of ether oxygens (including phenoxy) is 4. The van der Waals surface area contributed by atoms with E-state index >= 15 is 0 Å². The van der Waals surface area contributed by atoms with Crippen LogP contribution in [0.3, 0.4) is 0 Å². The van der Waals surface area contributed by atoms with Gasteiger partial charge in [-0.1, -0.05) is 51.5 Å². The molecule has 15 heteroatoms. The lowest BCUT2D eigenvalue weighted by Crippen LogP contribution is -2.52. The monoisotopic (exact) mass is 829 g/mol. The van der Waals surface area contributed by atoms with Gasteiger partial charge in [0.1, 0.15) is 11.7 Å². The van der Waals surface area contributed by atoms with Gasteiger partial charge in [-0.3, -0.25) is 24.1 Å². The molecule has 0 aromatic carbocycles. The van der Waals surface area contributed by atoms with E-state index in [0.717, 1.165) is 0 Å². The quantitative estimate of drug-likeness (QED) is 0.0506. The lowest BCUT2D eigenvalue weighted by Gasteiger charge is -2.38. The van der Waals surface area contributed by atoms with Gasteiger partial charge in [-0.05, 0) is 64.5 Å². The first kappa shape index (κ1) is 47.8. The standard InChI is InChI=1S/C44H67N3O12/c1-8-33(49)31(4)41-34(57-41)28-43(5,55)20-12-13-29(2)40-30(3)15-16-35(44(6,56-7)21-19-32(48)27-39(53)59-40)58-42(54)46-25-23-45(24-26-46)36(50)14-10-9-11-22-47-37(51)17-18-38(47)52/h12-13,15-18,20,30-35,40-41,48-49,55H,8-11,14,19,21-28H2,1-7H3/b16-15-,20-12+,29-13+/t30-,31+,32+,33-,34-,35-,40+,41-,43-,44+/m0/s1. The number of amides is 4. The van der Waals surface area contributed by atoms with Crippen molar-refractivity contribution in [3.05, 3.63) is 48.1 Å². The molecule has 330 valence electrons. The number of epoxide rings is 1. The van der Waals surface area contributed by atoms with Gasteiger partial charge in [0.25, 0.3) is 11.8 Å². The molecule has 0 bridgehead atoms. The summed E-state index contributed by atoms with van der Waals surface area (Å²) in [4.78, 5) is 67.5. The fraction of sp³-hybridized carbons (Fsp3) is 0.705. The number of allylic oxidation sites excluding steroid dienone is 2. The average molecular weight is 830 g/mol. The normalized spacial score (nSPS) is 31.0. The molecule has 59 heavy (non-hydrogen) atoms. The number of aliphatic hydroxyl groups is 3. The lowest BCUT2D eigenvalue weighted by atomic mass is 9.88. The molecule has 0 radical (unpaired) electrons. The summed E-state index contributed by atoms with van der Waals surface area (Å²) in [5.41, 5.74) is -1.54. The summed E-state index contributed by atoms with van der Waals surface area (Å²) < 4.78 is 23.7. The maximum Gasteiger partial charge on any atom is 0.410 e. The number of carbonyl (C=O) groups excluding carboxylic acids is 5. The summed E-state index contributed by atoms with van der Waals surface area (Å²) in [6, 6.07) is 0. The molecular weight excluding hydrogens is 762 g/mol. The van der Waals surface area contributed by atoms with Crippen LogP contribution in [0, 0.1) is 11.8 Å². The minimum Gasteiger partial charge on any atom is -0.457 e. The molecule has 0 saturated carbocycles. The summed E-state index contributed by atoms with van der Waals surface area (Å²) in [6.45, 7) is 12.6. The Balaban J connectivity index is 1.36. The van der Waals surface area contributed by atoms with Crippen molar-refractivity contribution in [2.45, 2.75) is 147 Å². The van der Waals surface area contributed by atoms with Crippen LogP contribution in [-0.4, -0.2) is 147 Å². The maximum absolute atomic E-state index is 13.6. The van der Waals surface area contributed by atoms with E-state index in [1.54, 1.807) is 48.0 Å². The number of hydrogen-bond donors (Lipinski definition) is 3. The molecule has 4 aliphatic heterocycles. The number of nitrogens with zero attached hydrogens (tertiary/aromatic N) is 3. The van der Waals surface area contributed by atoms with E-state index in [2.05, 4.69) is 0 Å². The molecule has 0 spiro atoms. The Kier molecular flexibility index (Phi) is 17.5. The van der Waals surface area contributed by atoms with Crippen molar-refractivity contribution in [1.29, 1.82) is 0 Å². The second-order valence-electron chi connectivity index (χ2n) is 17.0. The average Bonchev–Trinajstić information content (AvgIpc) is 3.89. The fourth-order valence-corrected chi connectivity index (χ4v) is 7.86. The van der Waals surface area contributed by atoms with E-state index in [9.17, 15) is 39.3 Å². The number of methoxy groups -OCH3 is 1. The van der Waals surface area contributed by atoms with Crippen LogP contribution in [0.15, 0.2) is 48.1 Å². The van der Waals surface area contributed by atoms with E-state index in [0.29, 0.717) is 63.7 Å². The summed E-state index contributed by atoms with van der Waals surface area (Å²) in [7, 11) is 1.51. The van der Waals surface area contributed by atoms with Crippen LogP contribution in [-0.2, 0) is 38.1 Å². The summed E-state index contributed by atoms with van der Waals surface area (Å²) in [5, 5.41) is 32.1. The van der Waals surface area contributed by atoms with Crippen molar-refractivity contribution < 1.29 is 58.2 Å². The molecule has 4 amide bonds. The van der Waals surface area contributed by atoms with Gasteiger partial charge < -0.3 is 44.1 Å². The van der Waals surface area contributed by atoms with E-state index in [1.807, 2.05) is 33.8 Å². The van der Waals surface area contributed by atoms with Gasteiger partial charge in [0.2, 0.25) is 5.91 Å². The second-order valence-corrected chi connectivity index (χ2v) is 17.0. The van der Waals surface area contributed by atoms with Crippen molar-refractivity contribution >= 4 is 29.8 Å². The van der Waals surface area contributed by atoms with Crippen LogP contribution in [0.2, 0.25) is 0 Å². The molecule has 2 saturated heterocycles. The number of aliphatic hydroxyl groups excluding tert-OH is 2. The van der Waals surface area contributed by atoms with Gasteiger partial charge in [0, 0.05) is 76.7 Å². The number of esters is 1. The maximum atomic E-state index is 13.6. The van der Waals surface area contributed by atoms with E-state index in [1.165, 1.54) is 24.2 Å². The number of hydrogen-bond acceptors (Lipinski definition) is 12. The molecule has 4 aliphatic rings. The first-order valence-corrected chi connectivity index (χ1v) is 21.2. The highest BCUT2D eigenvalue weighted by Crippen LogP contribution is 2.38. The van der Waals surface area contributed by atoms with Crippen molar-refractivity contribution in [3.63, 3.8) is 0 Å². The third-order valence-corrected chi connectivity index (χ3v) is 12.1. The minimum absolute atomic E-state index is 0.0183. The van der Waals surface area contributed by atoms with Gasteiger partial charge in [0.15, 0.2) is 6.10 Å².